The molecule has 2 aliphatic heterocycles. The monoisotopic (exact) mass is 230 g/mol. The fourth-order valence-corrected chi connectivity index (χ4v) is 1.52. The molecule has 0 aliphatic carbocycles. The summed E-state index contributed by atoms with van der Waals surface area (Å²) in [5.74, 6) is 0. The van der Waals surface area contributed by atoms with Crippen molar-refractivity contribution >= 4 is 0 Å². The molecule has 0 aromatic rings. The van der Waals surface area contributed by atoms with Crippen molar-refractivity contribution in [2.75, 3.05) is 39.6 Å². The van der Waals surface area contributed by atoms with Crippen LogP contribution in [-0.2, 0) is 18.9 Å². The summed E-state index contributed by atoms with van der Waals surface area (Å²) in [6.45, 7) is 5.09. The smallest absolute Gasteiger partial charge is 0.104 e. The highest BCUT2D eigenvalue weighted by Gasteiger charge is 2.22. The van der Waals surface area contributed by atoms with E-state index < -0.39 is 0 Å². The molecule has 2 atom stereocenters. The molecule has 0 saturated carbocycles. The molecule has 16 heavy (non-hydrogen) atoms. The normalized spacial score (nSPS) is 27.0. The van der Waals surface area contributed by atoms with E-state index in [1.54, 1.807) is 0 Å². The molecule has 0 amide bonds. The quantitative estimate of drug-likeness (QED) is 0.397. The standard InChI is InChI=1S/C12H22O4/c1(3-5-13-7-11-9-15-11)2-4-6-14-8-12-10-16-12/h11-12H,1-10H2/t11-,12-/m1/s1. The first kappa shape index (κ1) is 12.3. The van der Waals surface area contributed by atoms with Crippen LogP contribution in [0.2, 0.25) is 0 Å². The highest BCUT2D eigenvalue weighted by Crippen LogP contribution is 2.10. The summed E-state index contributed by atoms with van der Waals surface area (Å²) in [5, 5.41) is 0. The Morgan fingerprint density at radius 3 is 1.56 bits per heavy atom. The minimum Gasteiger partial charge on any atom is -0.379 e. The van der Waals surface area contributed by atoms with Gasteiger partial charge in [-0.25, -0.2) is 0 Å². The summed E-state index contributed by atoms with van der Waals surface area (Å²) >= 11 is 0. The van der Waals surface area contributed by atoms with Gasteiger partial charge in [0, 0.05) is 13.2 Å². The first-order valence-electron chi connectivity index (χ1n) is 6.34. The van der Waals surface area contributed by atoms with Crippen LogP contribution in [0, 0.1) is 0 Å². The van der Waals surface area contributed by atoms with E-state index >= 15 is 0 Å². The first-order valence-corrected chi connectivity index (χ1v) is 6.34. The average Bonchev–Trinajstić information content (AvgIpc) is 3.14. The Bertz CT molecular complexity index is 158. The van der Waals surface area contributed by atoms with Crippen LogP contribution < -0.4 is 0 Å². The molecule has 4 heteroatoms. The van der Waals surface area contributed by atoms with Gasteiger partial charge in [-0.3, -0.25) is 0 Å². The molecule has 0 radical (unpaired) electrons. The van der Waals surface area contributed by atoms with E-state index in [1.807, 2.05) is 0 Å². The van der Waals surface area contributed by atoms with Crippen LogP contribution in [0.1, 0.15) is 25.7 Å². The highest BCUT2D eigenvalue weighted by atomic mass is 16.6. The van der Waals surface area contributed by atoms with Gasteiger partial charge in [-0.15, -0.1) is 0 Å². The second-order valence-electron chi connectivity index (χ2n) is 4.47. The van der Waals surface area contributed by atoms with E-state index in [9.17, 15) is 0 Å². The third-order valence-electron chi connectivity index (χ3n) is 2.74. The van der Waals surface area contributed by atoms with Gasteiger partial charge in [0.15, 0.2) is 0 Å². The van der Waals surface area contributed by atoms with Gasteiger partial charge in [-0.05, 0) is 12.8 Å². The zero-order valence-corrected chi connectivity index (χ0v) is 9.86. The van der Waals surface area contributed by atoms with Crippen LogP contribution in [0.15, 0.2) is 0 Å². The highest BCUT2D eigenvalue weighted by molar-refractivity contribution is 4.67. The minimum absolute atomic E-state index is 0.401. The number of hydrogen-bond acceptors (Lipinski definition) is 4. The number of epoxide rings is 2. The van der Waals surface area contributed by atoms with Gasteiger partial charge >= 0.3 is 0 Å². The van der Waals surface area contributed by atoms with Gasteiger partial charge in [0.05, 0.1) is 26.4 Å². The molecular weight excluding hydrogens is 208 g/mol. The molecule has 2 saturated heterocycles. The van der Waals surface area contributed by atoms with Crippen LogP contribution in [0.5, 0.6) is 0 Å². The maximum Gasteiger partial charge on any atom is 0.104 e. The number of rotatable bonds is 11. The molecule has 2 fully saturated rings. The Morgan fingerprint density at radius 1 is 0.750 bits per heavy atom. The summed E-state index contributed by atoms with van der Waals surface area (Å²) < 4.78 is 21.0. The van der Waals surface area contributed by atoms with E-state index in [0.717, 1.165) is 52.5 Å². The Balaban J connectivity index is 1.22. The first-order chi connectivity index (χ1) is 7.95. The van der Waals surface area contributed by atoms with Gasteiger partial charge < -0.3 is 18.9 Å². The SMILES string of the molecule is C(CCCOC[C@@H]1CO1)CCOC[C@@H]1CO1. The Hall–Kier alpha value is -0.160. The summed E-state index contributed by atoms with van der Waals surface area (Å²) in [5.41, 5.74) is 0. The van der Waals surface area contributed by atoms with E-state index in [0.29, 0.717) is 12.2 Å². The molecule has 0 aromatic heterocycles. The molecular formula is C12H22O4. The Morgan fingerprint density at radius 2 is 1.19 bits per heavy atom. The predicted octanol–water partition coefficient (Wildman–Crippen LogP) is 1.38. The zero-order valence-electron chi connectivity index (χ0n) is 9.86. The van der Waals surface area contributed by atoms with Crippen molar-refractivity contribution in [3.8, 4) is 0 Å². The second kappa shape index (κ2) is 7.22. The van der Waals surface area contributed by atoms with Gasteiger partial charge in [-0.1, -0.05) is 12.8 Å². The molecule has 0 aromatic carbocycles. The van der Waals surface area contributed by atoms with E-state index in [1.165, 1.54) is 12.8 Å². The largest absolute Gasteiger partial charge is 0.379 e. The molecule has 4 nitrogen and oxygen atoms in total. The molecule has 0 unspecified atom stereocenters. The predicted molar refractivity (Wildman–Crippen MR) is 59.6 cm³/mol. The lowest BCUT2D eigenvalue weighted by Gasteiger charge is -2.03. The van der Waals surface area contributed by atoms with E-state index in [-0.39, 0.29) is 0 Å². The molecule has 2 aliphatic rings. The van der Waals surface area contributed by atoms with Crippen LogP contribution >= 0.6 is 0 Å². The lowest BCUT2D eigenvalue weighted by molar-refractivity contribution is 0.105. The van der Waals surface area contributed by atoms with Gasteiger partial charge in [0.2, 0.25) is 0 Å². The van der Waals surface area contributed by atoms with Gasteiger partial charge in [-0.2, -0.15) is 0 Å². The summed E-state index contributed by atoms with van der Waals surface area (Å²) in [6.07, 6.45) is 5.57. The van der Waals surface area contributed by atoms with Crippen LogP contribution in [-0.4, -0.2) is 51.8 Å². The van der Waals surface area contributed by atoms with Crippen molar-refractivity contribution in [3.05, 3.63) is 0 Å². The molecule has 2 rings (SSSR count). The number of unbranched alkanes of at least 4 members (excludes halogenated alkanes) is 3. The topological polar surface area (TPSA) is 43.5 Å². The van der Waals surface area contributed by atoms with Gasteiger partial charge in [0.1, 0.15) is 12.2 Å². The summed E-state index contributed by atoms with van der Waals surface area (Å²) in [6, 6.07) is 0. The number of ether oxygens (including phenoxy) is 4. The fraction of sp³-hybridized carbons (Fsp3) is 1.00. The van der Waals surface area contributed by atoms with E-state index in [4.69, 9.17) is 18.9 Å². The molecule has 0 N–H and O–H groups in total. The van der Waals surface area contributed by atoms with Crippen molar-refractivity contribution in [1.29, 1.82) is 0 Å². The Kier molecular flexibility index (Phi) is 5.55. The van der Waals surface area contributed by atoms with Crippen molar-refractivity contribution in [2.45, 2.75) is 37.9 Å². The third-order valence-corrected chi connectivity index (χ3v) is 2.74. The van der Waals surface area contributed by atoms with Crippen molar-refractivity contribution in [1.82, 2.24) is 0 Å². The Labute approximate surface area is 97.2 Å². The molecule has 0 bridgehead atoms. The van der Waals surface area contributed by atoms with Crippen molar-refractivity contribution < 1.29 is 18.9 Å². The van der Waals surface area contributed by atoms with Crippen molar-refractivity contribution in [3.63, 3.8) is 0 Å². The molecule has 2 heterocycles. The maximum atomic E-state index is 5.45. The fourth-order valence-electron chi connectivity index (χ4n) is 1.52. The lowest BCUT2D eigenvalue weighted by atomic mass is 10.2. The third kappa shape index (κ3) is 6.43. The second-order valence-corrected chi connectivity index (χ2v) is 4.47. The number of hydrogen-bond donors (Lipinski definition) is 0. The van der Waals surface area contributed by atoms with Gasteiger partial charge in [0.25, 0.3) is 0 Å². The maximum absolute atomic E-state index is 5.45. The summed E-state index contributed by atoms with van der Waals surface area (Å²) in [7, 11) is 0. The van der Waals surface area contributed by atoms with Crippen LogP contribution in [0.3, 0.4) is 0 Å². The lowest BCUT2D eigenvalue weighted by Crippen LogP contribution is -2.04. The average molecular weight is 230 g/mol. The minimum atomic E-state index is 0.401. The molecule has 94 valence electrons. The molecule has 0 spiro atoms. The van der Waals surface area contributed by atoms with Crippen molar-refractivity contribution in [2.24, 2.45) is 0 Å². The summed E-state index contributed by atoms with van der Waals surface area (Å²) in [4.78, 5) is 0. The zero-order chi connectivity index (χ0) is 11.1. The van der Waals surface area contributed by atoms with E-state index in [2.05, 4.69) is 0 Å². The van der Waals surface area contributed by atoms with Crippen LogP contribution in [0.4, 0.5) is 0 Å². The van der Waals surface area contributed by atoms with Crippen LogP contribution in [0.25, 0.3) is 0 Å².